The molecule has 0 spiro atoms. The Morgan fingerprint density at radius 3 is 2.17 bits per heavy atom. The van der Waals surface area contributed by atoms with E-state index < -0.39 is 11.7 Å². The number of benzene rings is 1. The van der Waals surface area contributed by atoms with Gasteiger partial charge in [0.1, 0.15) is 0 Å². The Hall–Kier alpha value is -2.69. The molecule has 2 aromatic heterocycles. The molecule has 23 heavy (non-hydrogen) atoms. The molecule has 1 aromatic carbocycles. The molecule has 5 heteroatoms. The summed E-state index contributed by atoms with van der Waals surface area (Å²) in [4.78, 5) is 8.70. The van der Waals surface area contributed by atoms with Crippen molar-refractivity contribution < 1.29 is 13.2 Å². The van der Waals surface area contributed by atoms with Crippen LogP contribution in [0.5, 0.6) is 0 Å². The van der Waals surface area contributed by atoms with Crippen molar-refractivity contribution in [3.8, 4) is 22.5 Å². The van der Waals surface area contributed by atoms with E-state index in [1.165, 1.54) is 12.1 Å². The van der Waals surface area contributed by atoms with Crippen LogP contribution in [-0.4, -0.2) is 9.97 Å². The van der Waals surface area contributed by atoms with Gasteiger partial charge in [-0.25, -0.2) is 0 Å². The van der Waals surface area contributed by atoms with Crippen molar-refractivity contribution in [2.24, 2.45) is 0 Å². The maximum Gasteiger partial charge on any atom is 0.416 e. The lowest BCUT2D eigenvalue weighted by molar-refractivity contribution is -0.137. The SMILES string of the molecule is Cc1cc(-c2ccc(C(F)(F)F)cc2)cc(-c2ccccn2)n1. The molecule has 0 aliphatic heterocycles. The highest BCUT2D eigenvalue weighted by molar-refractivity contribution is 5.69. The van der Waals surface area contributed by atoms with Crippen LogP contribution in [0.2, 0.25) is 0 Å². The van der Waals surface area contributed by atoms with Gasteiger partial charge >= 0.3 is 6.18 Å². The summed E-state index contributed by atoms with van der Waals surface area (Å²) < 4.78 is 38.0. The van der Waals surface area contributed by atoms with Crippen molar-refractivity contribution >= 4 is 0 Å². The molecule has 3 aromatic rings. The van der Waals surface area contributed by atoms with E-state index in [0.29, 0.717) is 11.3 Å². The summed E-state index contributed by atoms with van der Waals surface area (Å²) >= 11 is 0. The highest BCUT2D eigenvalue weighted by Crippen LogP contribution is 2.31. The standard InChI is InChI=1S/C18H13F3N2/c1-12-10-14(11-17(23-12)16-4-2-3-9-22-16)13-5-7-15(8-6-13)18(19,20)21/h2-11H,1H3. The van der Waals surface area contributed by atoms with Gasteiger partial charge in [0.05, 0.1) is 17.0 Å². The molecule has 0 N–H and O–H groups in total. The van der Waals surface area contributed by atoms with Crippen molar-refractivity contribution in [2.45, 2.75) is 13.1 Å². The van der Waals surface area contributed by atoms with Gasteiger partial charge < -0.3 is 0 Å². The fourth-order valence-corrected chi connectivity index (χ4v) is 2.33. The van der Waals surface area contributed by atoms with Gasteiger partial charge in [0.25, 0.3) is 0 Å². The van der Waals surface area contributed by atoms with Crippen LogP contribution in [0, 0.1) is 6.92 Å². The first kappa shape index (κ1) is 15.2. The van der Waals surface area contributed by atoms with Crippen LogP contribution in [0.15, 0.2) is 60.8 Å². The number of hydrogen-bond acceptors (Lipinski definition) is 2. The fourth-order valence-electron chi connectivity index (χ4n) is 2.33. The molecule has 0 unspecified atom stereocenters. The molecule has 0 amide bonds. The molecular formula is C18H13F3N2. The molecule has 0 atom stereocenters. The number of halogens is 3. The Balaban J connectivity index is 2.02. The van der Waals surface area contributed by atoms with E-state index in [1.54, 1.807) is 6.20 Å². The zero-order valence-electron chi connectivity index (χ0n) is 12.3. The van der Waals surface area contributed by atoms with Crippen LogP contribution in [0.25, 0.3) is 22.5 Å². The van der Waals surface area contributed by atoms with E-state index in [2.05, 4.69) is 9.97 Å². The Labute approximate surface area is 131 Å². The Bertz CT molecular complexity index is 810. The third-order valence-electron chi connectivity index (χ3n) is 3.43. The number of aromatic nitrogens is 2. The predicted molar refractivity (Wildman–Crippen MR) is 82.6 cm³/mol. The number of alkyl halides is 3. The second kappa shape index (κ2) is 5.83. The first-order valence-corrected chi connectivity index (χ1v) is 7.01. The Morgan fingerprint density at radius 2 is 1.57 bits per heavy atom. The van der Waals surface area contributed by atoms with Crippen LogP contribution in [0.3, 0.4) is 0 Å². The highest BCUT2D eigenvalue weighted by Gasteiger charge is 2.29. The largest absolute Gasteiger partial charge is 0.416 e. The summed E-state index contributed by atoms with van der Waals surface area (Å²) in [5.41, 5.74) is 3.07. The topological polar surface area (TPSA) is 25.8 Å². The van der Waals surface area contributed by atoms with Crippen molar-refractivity contribution in [1.82, 2.24) is 9.97 Å². The van der Waals surface area contributed by atoms with Gasteiger partial charge in [-0.1, -0.05) is 18.2 Å². The van der Waals surface area contributed by atoms with Crippen LogP contribution in [0.4, 0.5) is 13.2 Å². The predicted octanol–water partition coefficient (Wildman–Crippen LogP) is 5.14. The molecule has 0 fully saturated rings. The van der Waals surface area contributed by atoms with Gasteiger partial charge in [-0.3, -0.25) is 9.97 Å². The lowest BCUT2D eigenvalue weighted by Crippen LogP contribution is -2.04. The highest BCUT2D eigenvalue weighted by atomic mass is 19.4. The summed E-state index contributed by atoms with van der Waals surface area (Å²) in [6, 6.07) is 14.3. The Kier molecular flexibility index (Phi) is 3.86. The monoisotopic (exact) mass is 314 g/mol. The molecule has 0 radical (unpaired) electrons. The van der Waals surface area contributed by atoms with Gasteiger partial charge in [-0.2, -0.15) is 13.2 Å². The third kappa shape index (κ3) is 3.39. The zero-order chi connectivity index (χ0) is 16.4. The molecule has 0 bridgehead atoms. The zero-order valence-corrected chi connectivity index (χ0v) is 12.3. The van der Waals surface area contributed by atoms with Gasteiger partial charge in [0.2, 0.25) is 0 Å². The lowest BCUT2D eigenvalue weighted by Gasteiger charge is -2.09. The molecule has 0 saturated carbocycles. The lowest BCUT2D eigenvalue weighted by atomic mass is 10.0. The van der Waals surface area contributed by atoms with Crippen molar-refractivity contribution in [1.29, 1.82) is 0 Å². The summed E-state index contributed by atoms with van der Waals surface area (Å²) in [6.45, 7) is 1.85. The van der Waals surface area contributed by atoms with Gasteiger partial charge in [0.15, 0.2) is 0 Å². The molecule has 0 aliphatic carbocycles. The van der Waals surface area contributed by atoms with Crippen molar-refractivity contribution in [2.75, 3.05) is 0 Å². The molecule has 2 heterocycles. The summed E-state index contributed by atoms with van der Waals surface area (Å²) in [6.07, 6.45) is -2.65. The van der Waals surface area contributed by atoms with E-state index in [1.807, 2.05) is 37.3 Å². The van der Waals surface area contributed by atoms with Gasteiger partial charge in [-0.05, 0) is 54.4 Å². The summed E-state index contributed by atoms with van der Waals surface area (Å²) in [5.74, 6) is 0. The second-order valence-electron chi connectivity index (χ2n) is 5.17. The molecule has 116 valence electrons. The second-order valence-corrected chi connectivity index (χ2v) is 5.17. The third-order valence-corrected chi connectivity index (χ3v) is 3.43. The minimum atomic E-state index is -4.33. The minimum Gasteiger partial charge on any atom is -0.255 e. The smallest absolute Gasteiger partial charge is 0.255 e. The van der Waals surface area contributed by atoms with Gasteiger partial charge in [-0.15, -0.1) is 0 Å². The van der Waals surface area contributed by atoms with Gasteiger partial charge in [0, 0.05) is 11.9 Å². The minimum absolute atomic E-state index is 0.656. The molecule has 0 aliphatic rings. The number of pyridine rings is 2. The first-order chi connectivity index (χ1) is 10.9. The van der Waals surface area contributed by atoms with E-state index >= 15 is 0 Å². The average Bonchev–Trinajstić information content (AvgIpc) is 2.54. The first-order valence-electron chi connectivity index (χ1n) is 7.01. The summed E-state index contributed by atoms with van der Waals surface area (Å²) in [5, 5.41) is 0. The van der Waals surface area contributed by atoms with E-state index in [0.717, 1.165) is 29.1 Å². The number of aryl methyl sites for hydroxylation is 1. The molecule has 2 nitrogen and oxygen atoms in total. The van der Waals surface area contributed by atoms with Crippen LogP contribution in [0.1, 0.15) is 11.3 Å². The van der Waals surface area contributed by atoms with E-state index in [9.17, 15) is 13.2 Å². The van der Waals surface area contributed by atoms with E-state index in [-0.39, 0.29) is 0 Å². The molecule has 0 saturated heterocycles. The summed E-state index contributed by atoms with van der Waals surface area (Å²) in [7, 11) is 0. The van der Waals surface area contributed by atoms with E-state index in [4.69, 9.17) is 0 Å². The van der Waals surface area contributed by atoms with Crippen molar-refractivity contribution in [3.05, 3.63) is 72.1 Å². The number of nitrogens with zero attached hydrogens (tertiary/aromatic N) is 2. The maximum absolute atomic E-state index is 12.7. The molecule has 3 rings (SSSR count). The quantitative estimate of drug-likeness (QED) is 0.654. The Morgan fingerprint density at radius 1 is 0.826 bits per heavy atom. The normalized spacial score (nSPS) is 11.5. The van der Waals surface area contributed by atoms with Crippen LogP contribution in [-0.2, 0) is 6.18 Å². The van der Waals surface area contributed by atoms with Crippen LogP contribution >= 0.6 is 0 Å². The van der Waals surface area contributed by atoms with Crippen LogP contribution < -0.4 is 0 Å². The molecular weight excluding hydrogens is 301 g/mol. The fraction of sp³-hybridized carbons (Fsp3) is 0.111. The average molecular weight is 314 g/mol. The maximum atomic E-state index is 12.7. The number of hydrogen-bond donors (Lipinski definition) is 0. The van der Waals surface area contributed by atoms with Crippen molar-refractivity contribution in [3.63, 3.8) is 0 Å². The number of rotatable bonds is 2.